The Morgan fingerprint density at radius 2 is 2.35 bits per heavy atom. The molecule has 1 saturated heterocycles. The Bertz CT molecular complexity index is 311. The number of carbonyl (C=O) groups excluding carboxylic acids is 1. The zero-order valence-electron chi connectivity index (χ0n) is 11.1. The molecule has 1 aliphatic heterocycles. The number of rotatable bonds is 3. The number of likely N-dealkylation sites (tertiary alicyclic amines) is 1. The molecule has 0 spiro atoms. The molecule has 0 aromatic carbocycles. The van der Waals surface area contributed by atoms with Crippen LogP contribution < -0.4 is 0 Å². The first-order valence-electron chi connectivity index (χ1n) is 6.03. The molecule has 0 bridgehead atoms. The van der Waals surface area contributed by atoms with Crippen LogP contribution in [0.5, 0.6) is 0 Å². The zero-order valence-corrected chi connectivity index (χ0v) is 11.1. The molecule has 5 heteroatoms. The highest BCUT2D eigenvalue weighted by Gasteiger charge is 2.37. The van der Waals surface area contributed by atoms with Crippen LogP contribution in [0.25, 0.3) is 0 Å². The topological polar surface area (TPSA) is 62.1 Å². The lowest BCUT2D eigenvalue weighted by molar-refractivity contribution is -0.154. The molecule has 1 amide bonds. The molecule has 0 saturated carbocycles. The van der Waals surface area contributed by atoms with E-state index in [4.69, 9.17) is 9.94 Å². The van der Waals surface area contributed by atoms with Gasteiger partial charge in [0.1, 0.15) is 5.60 Å². The number of amides is 1. The van der Waals surface area contributed by atoms with Crippen LogP contribution in [0.1, 0.15) is 33.6 Å². The van der Waals surface area contributed by atoms with Gasteiger partial charge in [-0.05, 0) is 13.3 Å². The highest BCUT2D eigenvalue weighted by molar-refractivity contribution is 5.91. The predicted octanol–water partition coefficient (Wildman–Crippen LogP) is 1.50. The Morgan fingerprint density at radius 3 is 2.76 bits per heavy atom. The van der Waals surface area contributed by atoms with Crippen molar-refractivity contribution in [2.24, 2.45) is 11.1 Å². The van der Waals surface area contributed by atoms with Crippen LogP contribution in [0.2, 0.25) is 0 Å². The molecule has 0 radical (unpaired) electrons. The van der Waals surface area contributed by atoms with Crippen LogP contribution in [-0.4, -0.2) is 47.5 Å². The van der Waals surface area contributed by atoms with E-state index in [1.807, 2.05) is 20.8 Å². The lowest BCUT2D eigenvalue weighted by Gasteiger charge is -2.37. The summed E-state index contributed by atoms with van der Waals surface area (Å²) in [6.45, 7) is 6.91. The monoisotopic (exact) mass is 242 g/mol. The van der Waals surface area contributed by atoms with Crippen molar-refractivity contribution in [2.75, 3.05) is 20.2 Å². The summed E-state index contributed by atoms with van der Waals surface area (Å²) < 4.78 is 5.32. The van der Waals surface area contributed by atoms with Gasteiger partial charge in [-0.25, -0.2) is 0 Å². The van der Waals surface area contributed by atoms with Gasteiger partial charge in [0, 0.05) is 32.5 Å². The number of nitrogens with zero attached hydrogens (tertiary/aromatic N) is 2. The van der Waals surface area contributed by atoms with E-state index in [9.17, 15) is 4.79 Å². The van der Waals surface area contributed by atoms with Gasteiger partial charge < -0.3 is 14.8 Å². The Hall–Kier alpha value is -1.10. The second kappa shape index (κ2) is 5.49. The van der Waals surface area contributed by atoms with Crippen molar-refractivity contribution < 1.29 is 14.7 Å². The summed E-state index contributed by atoms with van der Waals surface area (Å²) in [4.78, 5) is 14.1. The average Bonchev–Trinajstić information content (AvgIpc) is 2.36. The van der Waals surface area contributed by atoms with Crippen molar-refractivity contribution in [3.8, 4) is 0 Å². The highest BCUT2D eigenvalue weighted by Crippen LogP contribution is 2.22. The number of hydrogen-bond donors (Lipinski definition) is 1. The number of carbonyl (C=O) groups is 1. The van der Waals surface area contributed by atoms with Gasteiger partial charge in [0.15, 0.2) is 0 Å². The number of oxime groups is 1. The molecular formula is C12H22N2O3. The zero-order chi connectivity index (χ0) is 13.1. The standard InChI is InChI=1S/C12H22N2O3/c1-5-12(3,17-4)11(15)14-7-6-10(13-16)9(2)8-14/h9,16H,5-8H2,1-4H3. The molecule has 1 rings (SSSR count). The van der Waals surface area contributed by atoms with E-state index in [-0.39, 0.29) is 11.8 Å². The van der Waals surface area contributed by atoms with Gasteiger partial charge in [0.05, 0.1) is 5.71 Å². The van der Waals surface area contributed by atoms with Gasteiger partial charge in [-0.2, -0.15) is 0 Å². The minimum absolute atomic E-state index is 0.0198. The van der Waals surface area contributed by atoms with E-state index >= 15 is 0 Å². The predicted molar refractivity (Wildman–Crippen MR) is 65.3 cm³/mol. The minimum atomic E-state index is -0.742. The second-order valence-electron chi connectivity index (χ2n) is 4.78. The fourth-order valence-electron chi connectivity index (χ4n) is 2.07. The number of methoxy groups -OCH3 is 1. The Balaban J connectivity index is 2.73. The molecule has 0 aromatic heterocycles. The number of ether oxygens (including phenoxy) is 1. The first-order valence-corrected chi connectivity index (χ1v) is 6.03. The van der Waals surface area contributed by atoms with Crippen LogP contribution in [0.15, 0.2) is 5.16 Å². The Labute approximate surface area is 102 Å². The summed E-state index contributed by atoms with van der Waals surface area (Å²) in [5.74, 6) is 0.127. The molecule has 98 valence electrons. The third-order valence-electron chi connectivity index (χ3n) is 3.69. The number of piperidine rings is 1. The second-order valence-corrected chi connectivity index (χ2v) is 4.78. The summed E-state index contributed by atoms with van der Waals surface area (Å²) in [6.07, 6.45) is 1.28. The maximum Gasteiger partial charge on any atom is 0.254 e. The first kappa shape index (κ1) is 14.0. The van der Waals surface area contributed by atoms with Crippen molar-refractivity contribution in [3.05, 3.63) is 0 Å². The third kappa shape index (κ3) is 2.77. The van der Waals surface area contributed by atoms with E-state index in [0.29, 0.717) is 25.9 Å². The summed E-state index contributed by atoms with van der Waals surface area (Å²) in [5, 5.41) is 12.1. The van der Waals surface area contributed by atoms with Crippen LogP contribution in [0.3, 0.4) is 0 Å². The van der Waals surface area contributed by atoms with Gasteiger partial charge in [-0.1, -0.05) is 19.0 Å². The van der Waals surface area contributed by atoms with Crippen LogP contribution in [0, 0.1) is 5.92 Å². The molecule has 2 atom stereocenters. The van der Waals surface area contributed by atoms with Crippen molar-refractivity contribution in [1.29, 1.82) is 0 Å². The lowest BCUT2D eigenvalue weighted by Crippen LogP contribution is -2.52. The van der Waals surface area contributed by atoms with Gasteiger partial charge in [-0.3, -0.25) is 4.79 Å². The molecule has 1 heterocycles. The fraction of sp³-hybridized carbons (Fsp3) is 0.833. The molecule has 2 unspecified atom stereocenters. The van der Waals surface area contributed by atoms with Gasteiger partial charge in [-0.15, -0.1) is 0 Å². The van der Waals surface area contributed by atoms with E-state index in [2.05, 4.69) is 5.16 Å². The highest BCUT2D eigenvalue weighted by atomic mass is 16.5. The maximum absolute atomic E-state index is 12.3. The Morgan fingerprint density at radius 1 is 1.71 bits per heavy atom. The summed E-state index contributed by atoms with van der Waals surface area (Å²) in [6, 6.07) is 0. The average molecular weight is 242 g/mol. The van der Waals surface area contributed by atoms with E-state index in [1.54, 1.807) is 12.0 Å². The van der Waals surface area contributed by atoms with Gasteiger partial charge in [0.25, 0.3) is 5.91 Å². The minimum Gasteiger partial charge on any atom is -0.411 e. The molecule has 17 heavy (non-hydrogen) atoms. The van der Waals surface area contributed by atoms with Gasteiger partial charge in [0.2, 0.25) is 0 Å². The third-order valence-corrected chi connectivity index (χ3v) is 3.69. The summed E-state index contributed by atoms with van der Waals surface area (Å²) in [7, 11) is 1.56. The fourth-order valence-corrected chi connectivity index (χ4v) is 2.07. The van der Waals surface area contributed by atoms with Crippen LogP contribution >= 0.6 is 0 Å². The lowest BCUT2D eigenvalue weighted by atomic mass is 9.94. The quantitative estimate of drug-likeness (QED) is 0.602. The molecular weight excluding hydrogens is 220 g/mol. The first-order chi connectivity index (χ1) is 7.98. The molecule has 1 fully saturated rings. The Kier molecular flexibility index (Phi) is 4.51. The van der Waals surface area contributed by atoms with Crippen LogP contribution in [-0.2, 0) is 9.53 Å². The van der Waals surface area contributed by atoms with Crippen molar-refractivity contribution in [1.82, 2.24) is 4.90 Å². The van der Waals surface area contributed by atoms with Crippen molar-refractivity contribution >= 4 is 11.6 Å². The van der Waals surface area contributed by atoms with Crippen molar-refractivity contribution in [3.63, 3.8) is 0 Å². The summed E-state index contributed by atoms with van der Waals surface area (Å²) >= 11 is 0. The molecule has 1 N–H and O–H groups in total. The van der Waals surface area contributed by atoms with Crippen molar-refractivity contribution in [2.45, 2.75) is 39.2 Å². The number of hydrogen-bond acceptors (Lipinski definition) is 4. The molecule has 1 aliphatic rings. The molecule has 5 nitrogen and oxygen atoms in total. The normalized spacial score (nSPS) is 26.9. The van der Waals surface area contributed by atoms with E-state index < -0.39 is 5.60 Å². The molecule has 0 aliphatic carbocycles. The SMILES string of the molecule is CCC(C)(OC)C(=O)N1CCC(=NO)C(C)C1. The van der Waals surface area contributed by atoms with E-state index in [1.165, 1.54) is 0 Å². The summed E-state index contributed by atoms with van der Waals surface area (Å²) in [5.41, 5.74) is 0.0257. The van der Waals surface area contributed by atoms with Gasteiger partial charge >= 0.3 is 0 Å². The molecule has 0 aromatic rings. The smallest absolute Gasteiger partial charge is 0.254 e. The van der Waals surface area contributed by atoms with Crippen LogP contribution in [0.4, 0.5) is 0 Å². The van der Waals surface area contributed by atoms with E-state index in [0.717, 1.165) is 5.71 Å². The largest absolute Gasteiger partial charge is 0.411 e. The maximum atomic E-state index is 12.3.